The van der Waals surface area contributed by atoms with Crippen molar-refractivity contribution in [2.75, 3.05) is 13.1 Å². The van der Waals surface area contributed by atoms with Crippen molar-refractivity contribution in [1.82, 2.24) is 10.2 Å². The van der Waals surface area contributed by atoms with Gasteiger partial charge in [-0.25, -0.2) is 4.79 Å². The van der Waals surface area contributed by atoms with Crippen molar-refractivity contribution in [2.45, 2.75) is 57.0 Å². The standard InChI is InChI=1S/C16H27N3O/c17-16(20)19-6-4-11(5-7-19)18-15-9-10-8-14(15)13-3-1-2-12(10)13/h10-15,18H,1-9H2,(H2,17,20). The zero-order chi connectivity index (χ0) is 13.7. The second-order valence-corrected chi connectivity index (χ2v) is 7.53. The smallest absolute Gasteiger partial charge is 0.314 e. The number of hydrogen-bond acceptors (Lipinski definition) is 2. The molecule has 0 radical (unpaired) electrons. The molecule has 2 amide bonds. The molecular formula is C16H27N3O. The third kappa shape index (κ3) is 2.03. The number of primary amides is 1. The van der Waals surface area contributed by atoms with E-state index >= 15 is 0 Å². The van der Waals surface area contributed by atoms with E-state index < -0.39 is 0 Å². The molecule has 20 heavy (non-hydrogen) atoms. The topological polar surface area (TPSA) is 58.4 Å². The molecule has 1 heterocycles. The number of nitrogens with zero attached hydrogens (tertiary/aromatic N) is 1. The number of nitrogens with two attached hydrogens (primary N) is 1. The summed E-state index contributed by atoms with van der Waals surface area (Å²) in [4.78, 5) is 12.9. The van der Waals surface area contributed by atoms with Gasteiger partial charge in [0.1, 0.15) is 0 Å². The van der Waals surface area contributed by atoms with Crippen LogP contribution in [0.15, 0.2) is 0 Å². The summed E-state index contributed by atoms with van der Waals surface area (Å²) in [7, 11) is 0. The van der Waals surface area contributed by atoms with Gasteiger partial charge in [0.15, 0.2) is 0 Å². The lowest BCUT2D eigenvalue weighted by molar-refractivity contribution is 0.161. The highest BCUT2D eigenvalue weighted by atomic mass is 16.2. The summed E-state index contributed by atoms with van der Waals surface area (Å²) in [5.41, 5.74) is 5.35. The molecule has 4 nitrogen and oxygen atoms in total. The first-order valence-electron chi connectivity index (χ1n) is 8.53. The van der Waals surface area contributed by atoms with Crippen molar-refractivity contribution in [3.63, 3.8) is 0 Å². The van der Waals surface area contributed by atoms with E-state index in [9.17, 15) is 4.79 Å². The predicted molar refractivity (Wildman–Crippen MR) is 78.1 cm³/mol. The number of rotatable bonds is 2. The molecule has 4 fully saturated rings. The highest BCUT2D eigenvalue weighted by molar-refractivity contribution is 5.72. The molecule has 4 aliphatic rings. The normalized spacial score (nSPS) is 44.0. The first-order valence-corrected chi connectivity index (χ1v) is 8.53. The molecule has 4 rings (SSSR count). The molecule has 5 atom stereocenters. The Morgan fingerprint density at radius 2 is 1.75 bits per heavy atom. The zero-order valence-corrected chi connectivity index (χ0v) is 12.3. The summed E-state index contributed by atoms with van der Waals surface area (Å²) in [6, 6.07) is 1.12. The van der Waals surface area contributed by atoms with Crippen LogP contribution in [0, 0.1) is 23.7 Å². The van der Waals surface area contributed by atoms with E-state index in [4.69, 9.17) is 5.73 Å². The fraction of sp³-hybridized carbons (Fsp3) is 0.938. The van der Waals surface area contributed by atoms with Crippen molar-refractivity contribution in [3.05, 3.63) is 0 Å². The maximum Gasteiger partial charge on any atom is 0.314 e. The molecule has 1 aliphatic heterocycles. The molecule has 1 saturated heterocycles. The average molecular weight is 277 g/mol. The summed E-state index contributed by atoms with van der Waals surface area (Å²) in [6.45, 7) is 1.67. The number of carbonyl (C=O) groups is 1. The number of likely N-dealkylation sites (tertiary alicyclic amines) is 1. The molecule has 0 spiro atoms. The minimum atomic E-state index is -0.253. The highest BCUT2D eigenvalue weighted by Gasteiger charge is 2.53. The van der Waals surface area contributed by atoms with Crippen molar-refractivity contribution in [3.8, 4) is 0 Å². The van der Waals surface area contributed by atoms with Crippen LogP contribution in [-0.4, -0.2) is 36.1 Å². The molecular weight excluding hydrogens is 250 g/mol. The average Bonchev–Trinajstić information content (AvgIpc) is 3.11. The molecule has 4 heteroatoms. The van der Waals surface area contributed by atoms with E-state index in [-0.39, 0.29) is 6.03 Å². The van der Waals surface area contributed by atoms with Crippen LogP contribution in [-0.2, 0) is 0 Å². The Balaban J connectivity index is 1.32. The van der Waals surface area contributed by atoms with Gasteiger partial charge in [-0.1, -0.05) is 6.42 Å². The van der Waals surface area contributed by atoms with Gasteiger partial charge in [0, 0.05) is 25.2 Å². The maximum atomic E-state index is 11.2. The Morgan fingerprint density at radius 1 is 1.00 bits per heavy atom. The van der Waals surface area contributed by atoms with E-state index in [1.807, 2.05) is 0 Å². The Kier molecular flexibility index (Phi) is 3.17. The van der Waals surface area contributed by atoms with Gasteiger partial charge in [-0.05, 0) is 62.2 Å². The molecule has 2 bridgehead atoms. The number of carbonyl (C=O) groups excluding carboxylic acids is 1. The van der Waals surface area contributed by atoms with E-state index in [1.165, 1.54) is 32.1 Å². The fourth-order valence-electron chi connectivity index (χ4n) is 5.83. The van der Waals surface area contributed by atoms with Crippen LogP contribution >= 0.6 is 0 Å². The molecule has 3 N–H and O–H groups in total. The number of amides is 2. The minimum Gasteiger partial charge on any atom is -0.351 e. The Morgan fingerprint density at radius 3 is 2.50 bits per heavy atom. The summed E-state index contributed by atoms with van der Waals surface area (Å²) in [6.07, 6.45) is 9.54. The number of piperidine rings is 1. The summed E-state index contributed by atoms with van der Waals surface area (Å²) in [5.74, 6) is 4.10. The lowest BCUT2D eigenvalue weighted by atomic mass is 9.78. The third-order valence-electron chi connectivity index (χ3n) is 6.69. The Bertz CT molecular complexity index is 391. The highest BCUT2D eigenvalue weighted by Crippen LogP contribution is 2.58. The number of hydrogen-bond donors (Lipinski definition) is 2. The van der Waals surface area contributed by atoms with E-state index in [2.05, 4.69) is 5.32 Å². The number of urea groups is 1. The van der Waals surface area contributed by atoms with Gasteiger partial charge in [0.05, 0.1) is 0 Å². The van der Waals surface area contributed by atoms with Crippen molar-refractivity contribution in [1.29, 1.82) is 0 Å². The lowest BCUT2D eigenvalue weighted by Crippen LogP contribution is -2.51. The van der Waals surface area contributed by atoms with E-state index in [1.54, 1.807) is 4.90 Å². The van der Waals surface area contributed by atoms with Crippen LogP contribution in [0.2, 0.25) is 0 Å². The van der Waals surface area contributed by atoms with E-state index in [0.717, 1.165) is 55.6 Å². The van der Waals surface area contributed by atoms with E-state index in [0.29, 0.717) is 6.04 Å². The Hall–Kier alpha value is -0.770. The molecule has 5 unspecified atom stereocenters. The maximum absolute atomic E-state index is 11.2. The summed E-state index contributed by atoms with van der Waals surface area (Å²) < 4.78 is 0. The van der Waals surface area contributed by atoms with Crippen LogP contribution in [0.4, 0.5) is 4.79 Å². The van der Waals surface area contributed by atoms with Crippen LogP contribution in [0.25, 0.3) is 0 Å². The summed E-state index contributed by atoms with van der Waals surface area (Å²) in [5, 5.41) is 3.94. The van der Waals surface area contributed by atoms with Crippen LogP contribution in [0.1, 0.15) is 44.9 Å². The van der Waals surface area contributed by atoms with Gasteiger partial charge >= 0.3 is 6.03 Å². The van der Waals surface area contributed by atoms with Gasteiger partial charge in [-0.2, -0.15) is 0 Å². The monoisotopic (exact) mass is 277 g/mol. The lowest BCUT2D eigenvalue weighted by Gasteiger charge is -2.37. The molecule has 112 valence electrons. The quantitative estimate of drug-likeness (QED) is 0.810. The largest absolute Gasteiger partial charge is 0.351 e. The summed E-state index contributed by atoms with van der Waals surface area (Å²) >= 11 is 0. The van der Waals surface area contributed by atoms with Gasteiger partial charge in [-0.3, -0.25) is 0 Å². The molecule has 3 saturated carbocycles. The van der Waals surface area contributed by atoms with Crippen molar-refractivity contribution in [2.24, 2.45) is 29.4 Å². The third-order valence-corrected chi connectivity index (χ3v) is 6.69. The van der Waals surface area contributed by atoms with Gasteiger partial charge in [0.2, 0.25) is 0 Å². The van der Waals surface area contributed by atoms with Crippen molar-refractivity contribution < 1.29 is 4.79 Å². The molecule has 0 aromatic rings. The van der Waals surface area contributed by atoms with Gasteiger partial charge in [0.25, 0.3) is 0 Å². The second-order valence-electron chi connectivity index (χ2n) is 7.53. The minimum absolute atomic E-state index is 0.253. The first-order chi connectivity index (χ1) is 9.72. The van der Waals surface area contributed by atoms with Gasteiger partial charge < -0.3 is 16.0 Å². The Labute approximate surface area is 121 Å². The van der Waals surface area contributed by atoms with Crippen LogP contribution < -0.4 is 11.1 Å². The van der Waals surface area contributed by atoms with Crippen LogP contribution in [0.5, 0.6) is 0 Å². The SMILES string of the molecule is NC(=O)N1CCC(NC2CC3CC2C2CCCC32)CC1. The van der Waals surface area contributed by atoms with Gasteiger partial charge in [-0.15, -0.1) is 0 Å². The predicted octanol–water partition coefficient (Wildman–Crippen LogP) is 1.94. The fourth-order valence-corrected chi connectivity index (χ4v) is 5.83. The zero-order valence-electron chi connectivity index (χ0n) is 12.3. The molecule has 3 aliphatic carbocycles. The number of fused-ring (bicyclic) bond motifs is 5. The first kappa shape index (κ1) is 12.9. The molecule has 0 aromatic heterocycles. The number of nitrogens with one attached hydrogen (secondary N) is 1. The van der Waals surface area contributed by atoms with Crippen LogP contribution in [0.3, 0.4) is 0 Å². The van der Waals surface area contributed by atoms with Crippen molar-refractivity contribution >= 4 is 6.03 Å². The molecule has 0 aromatic carbocycles. The second kappa shape index (κ2) is 4.90.